The average molecular weight is 266 g/mol. The van der Waals surface area contributed by atoms with Crippen LogP contribution >= 0.6 is 11.6 Å². The summed E-state index contributed by atoms with van der Waals surface area (Å²) in [7, 11) is 1.42. The molecule has 0 saturated heterocycles. The summed E-state index contributed by atoms with van der Waals surface area (Å²) in [6.07, 6.45) is 2.85. The first-order valence-electron chi connectivity index (χ1n) is 5.11. The Morgan fingerprint density at radius 2 is 2.11 bits per heavy atom. The molecule has 18 heavy (non-hydrogen) atoms. The summed E-state index contributed by atoms with van der Waals surface area (Å²) in [5.41, 5.74) is 0.206. The summed E-state index contributed by atoms with van der Waals surface area (Å²) >= 11 is 5.64. The maximum atomic E-state index is 13.7. The molecule has 0 bridgehead atoms. The topological polar surface area (TPSA) is 39.2 Å². The first kappa shape index (κ1) is 12.5. The van der Waals surface area contributed by atoms with Crippen molar-refractivity contribution in [1.82, 2.24) is 4.98 Å². The number of halogens is 2. The molecule has 5 heteroatoms. The van der Waals surface area contributed by atoms with E-state index < -0.39 is 11.6 Å². The van der Waals surface area contributed by atoms with Crippen molar-refractivity contribution in [3.05, 3.63) is 58.6 Å². The van der Waals surface area contributed by atoms with E-state index in [1.807, 2.05) is 0 Å². The van der Waals surface area contributed by atoms with Gasteiger partial charge in [0.05, 0.1) is 24.4 Å². The van der Waals surface area contributed by atoms with Gasteiger partial charge in [0.25, 0.3) is 0 Å². The molecule has 0 aliphatic rings. The maximum absolute atomic E-state index is 13.7. The lowest BCUT2D eigenvalue weighted by molar-refractivity contribution is 0.103. The lowest BCUT2D eigenvalue weighted by Gasteiger charge is -2.07. The van der Waals surface area contributed by atoms with E-state index in [1.54, 1.807) is 0 Å². The molecule has 1 heterocycles. The summed E-state index contributed by atoms with van der Waals surface area (Å²) < 4.78 is 18.7. The summed E-state index contributed by atoms with van der Waals surface area (Å²) in [6, 6.07) is 5.39. The van der Waals surface area contributed by atoms with E-state index in [-0.39, 0.29) is 16.1 Å². The highest BCUT2D eigenvalue weighted by atomic mass is 35.5. The molecule has 1 aromatic heterocycles. The van der Waals surface area contributed by atoms with Gasteiger partial charge in [-0.15, -0.1) is 0 Å². The van der Waals surface area contributed by atoms with E-state index in [4.69, 9.17) is 16.3 Å². The molecular formula is C13H9ClFNO2. The zero-order valence-electron chi connectivity index (χ0n) is 9.48. The summed E-state index contributed by atoms with van der Waals surface area (Å²) in [4.78, 5) is 16.0. The Balaban J connectivity index is 2.48. The lowest BCUT2D eigenvalue weighted by atomic mass is 10.0. The molecular weight excluding hydrogens is 257 g/mol. The molecule has 0 saturated carbocycles. The van der Waals surface area contributed by atoms with Crippen LogP contribution in [0.1, 0.15) is 15.9 Å². The standard InChI is InChI=1S/C13H9ClFNO2/c1-18-12-7-16-5-4-10(12)13(17)9-3-2-8(14)6-11(9)15/h2-7H,1H3. The number of carbonyl (C=O) groups excluding carboxylic acids is 1. The number of rotatable bonds is 3. The number of hydrogen-bond acceptors (Lipinski definition) is 3. The minimum absolute atomic E-state index is 0.0519. The third kappa shape index (κ3) is 2.33. The molecule has 0 N–H and O–H groups in total. The van der Waals surface area contributed by atoms with Crippen molar-refractivity contribution in [3.8, 4) is 5.75 Å². The van der Waals surface area contributed by atoms with Crippen molar-refractivity contribution < 1.29 is 13.9 Å². The fraction of sp³-hybridized carbons (Fsp3) is 0.0769. The van der Waals surface area contributed by atoms with E-state index in [2.05, 4.69) is 4.98 Å². The number of pyridine rings is 1. The van der Waals surface area contributed by atoms with Crippen LogP contribution in [0.15, 0.2) is 36.7 Å². The van der Waals surface area contributed by atoms with Crippen molar-refractivity contribution in [2.45, 2.75) is 0 Å². The van der Waals surface area contributed by atoms with Crippen LogP contribution in [0.25, 0.3) is 0 Å². The SMILES string of the molecule is COc1cnccc1C(=O)c1ccc(Cl)cc1F. The zero-order valence-corrected chi connectivity index (χ0v) is 10.2. The predicted octanol–water partition coefficient (Wildman–Crippen LogP) is 3.11. The molecule has 92 valence electrons. The fourth-order valence-electron chi connectivity index (χ4n) is 1.55. The van der Waals surface area contributed by atoms with Crippen LogP contribution in [0, 0.1) is 5.82 Å². The normalized spacial score (nSPS) is 10.2. The second-order valence-electron chi connectivity index (χ2n) is 3.53. The first-order chi connectivity index (χ1) is 8.63. The van der Waals surface area contributed by atoms with Gasteiger partial charge in [0, 0.05) is 11.2 Å². The Hall–Kier alpha value is -1.94. The largest absolute Gasteiger partial charge is 0.494 e. The van der Waals surface area contributed by atoms with Crippen molar-refractivity contribution in [2.75, 3.05) is 7.11 Å². The van der Waals surface area contributed by atoms with E-state index in [0.29, 0.717) is 5.75 Å². The second kappa shape index (κ2) is 5.14. The Morgan fingerprint density at radius 1 is 1.33 bits per heavy atom. The highest BCUT2D eigenvalue weighted by molar-refractivity contribution is 6.30. The highest BCUT2D eigenvalue weighted by Gasteiger charge is 2.17. The monoisotopic (exact) mass is 265 g/mol. The smallest absolute Gasteiger partial charge is 0.199 e. The van der Waals surface area contributed by atoms with Crippen LogP contribution in [0.4, 0.5) is 4.39 Å². The van der Waals surface area contributed by atoms with Gasteiger partial charge in [-0.05, 0) is 24.3 Å². The number of ketones is 1. The number of methoxy groups -OCH3 is 1. The molecule has 1 aromatic carbocycles. The van der Waals surface area contributed by atoms with Gasteiger partial charge in [-0.1, -0.05) is 11.6 Å². The maximum Gasteiger partial charge on any atom is 0.199 e. The number of hydrogen-bond donors (Lipinski definition) is 0. The molecule has 0 spiro atoms. The van der Waals surface area contributed by atoms with Crippen molar-refractivity contribution in [2.24, 2.45) is 0 Å². The zero-order chi connectivity index (χ0) is 13.1. The van der Waals surface area contributed by atoms with Crippen LogP contribution in [-0.4, -0.2) is 17.9 Å². The van der Waals surface area contributed by atoms with Gasteiger partial charge in [0.15, 0.2) is 5.78 Å². The van der Waals surface area contributed by atoms with Gasteiger partial charge in [-0.3, -0.25) is 9.78 Å². The number of carbonyl (C=O) groups is 1. The van der Waals surface area contributed by atoms with Gasteiger partial charge >= 0.3 is 0 Å². The molecule has 2 aromatic rings. The van der Waals surface area contributed by atoms with E-state index in [0.717, 1.165) is 6.07 Å². The Morgan fingerprint density at radius 3 is 2.78 bits per heavy atom. The Bertz CT molecular complexity index is 601. The van der Waals surface area contributed by atoms with Gasteiger partial charge in [-0.2, -0.15) is 0 Å². The summed E-state index contributed by atoms with van der Waals surface area (Å²) in [5.74, 6) is -0.827. The number of benzene rings is 1. The highest BCUT2D eigenvalue weighted by Crippen LogP contribution is 2.23. The fourth-order valence-corrected chi connectivity index (χ4v) is 1.71. The molecule has 0 unspecified atom stereocenters. The molecule has 0 fully saturated rings. The number of nitrogens with zero attached hydrogens (tertiary/aromatic N) is 1. The molecule has 0 aliphatic heterocycles. The van der Waals surface area contributed by atoms with Crippen molar-refractivity contribution in [1.29, 1.82) is 0 Å². The first-order valence-corrected chi connectivity index (χ1v) is 5.49. The third-order valence-corrected chi connectivity index (χ3v) is 2.66. The molecule has 0 atom stereocenters. The van der Waals surface area contributed by atoms with E-state index in [1.165, 1.54) is 37.7 Å². The Kier molecular flexibility index (Phi) is 3.58. The second-order valence-corrected chi connectivity index (χ2v) is 3.97. The summed E-state index contributed by atoms with van der Waals surface area (Å²) in [5, 5.41) is 0.241. The van der Waals surface area contributed by atoms with Crippen LogP contribution < -0.4 is 4.74 Å². The van der Waals surface area contributed by atoms with Gasteiger partial charge < -0.3 is 4.74 Å². The van der Waals surface area contributed by atoms with Crippen LogP contribution in [0.2, 0.25) is 5.02 Å². The van der Waals surface area contributed by atoms with Crippen molar-refractivity contribution in [3.63, 3.8) is 0 Å². The van der Waals surface area contributed by atoms with Gasteiger partial charge in [-0.25, -0.2) is 4.39 Å². The van der Waals surface area contributed by atoms with Gasteiger partial charge in [0.2, 0.25) is 0 Å². The predicted molar refractivity (Wildman–Crippen MR) is 65.6 cm³/mol. The Labute approximate surface area is 108 Å². The van der Waals surface area contributed by atoms with Gasteiger partial charge in [0.1, 0.15) is 11.6 Å². The lowest BCUT2D eigenvalue weighted by Crippen LogP contribution is -2.06. The minimum Gasteiger partial charge on any atom is -0.494 e. The van der Waals surface area contributed by atoms with Crippen LogP contribution in [-0.2, 0) is 0 Å². The number of aromatic nitrogens is 1. The van der Waals surface area contributed by atoms with Crippen LogP contribution in [0.3, 0.4) is 0 Å². The third-order valence-electron chi connectivity index (χ3n) is 2.42. The van der Waals surface area contributed by atoms with E-state index in [9.17, 15) is 9.18 Å². The molecule has 0 aliphatic carbocycles. The quantitative estimate of drug-likeness (QED) is 0.801. The average Bonchev–Trinajstić information content (AvgIpc) is 2.38. The molecule has 0 amide bonds. The molecule has 0 radical (unpaired) electrons. The minimum atomic E-state index is -0.661. The van der Waals surface area contributed by atoms with Crippen molar-refractivity contribution >= 4 is 17.4 Å². The summed E-state index contributed by atoms with van der Waals surface area (Å²) in [6.45, 7) is 0. The molecule has 2 rings (SSSR count). The van der Waals surface area contributed by atoms with Crippen LogP contribution in [0.5, 0.6) is 5.75 Å². The number of ether oxygens (including phenoxy) is 1. The van der Waals surface area contributed by atoms with E-state index >= 15 is 0 Å². The molecule has 3 nitrogen and oxygen atoms in total.